The molecule has 3 nitrogen and oxygen atoms in total. The first-order valence-corrected chi connectivity index (χ1v) is 4.67. The molecule has 1 heterocycles. The Kier molecular flexibility index (Phi) is 1.95. The molecule has 0 spiro atoms. The zero-order chi connectivity index (χ0) is 10.3. The van der Waals surface area contributed by atoms with E-state index in [0.717, 1.165) is 11.1 Å². The number of Topliss-reactive ketones (excluding diaryl/α,β-unsaturated/α-hetero) is 1. The Labute approximate surface area is 82.9 Å². The quantitative estimate of drug-likeness (QED) is 0.637. The Morgan fingerprint density at radius 3 is 2.86 bits per heavy atom. The van der Waals surface area contributed by atoms with Crippen molar-refractivity contribution in [3.8, 4) is 5.75 Å². The van der Waals surface area contributed by atoms with Gasteiger partial charge in [0.15, 0.2) is 5.78 Å². The van der Waals surface area contributed by atoms with Gasteiger partial charge in [0.1, 0.15) is 5.75 Å². The molecule has 1 aliphatic rings. The van der Waals surface area contributed by atoms with E-state index in [9.17, 15) is 4.79 Å². The Balaban J connectivity index is 2.70. The summed E-state index contributed by atoms with van der Waals surface area (Å²) < 4.78 is 5.43. The third-order valence-corrected chi connectivity index (χ3v) is 2.66. The maximum Gasteiger partial charge on any atom is 0.170 e. The lowest BCUT2D eigenvalue weighted by Gasteiger charge is -2.20. The highest BCUT2D eigenvalue weighted by atomic mass is 16.5. The van der Waals surface area contributed by atoms with Crippen LogP contribution in [0.4, 0.5) is 5.69 Å². The summed E-state index contributed by atoms with van der Waals surface area (Å²) >= 11 is 0. The normalized spacial score (nSPS) is 14.9. The lowest BCUT2D eigenvalue weighted by Crippen LogP contribution is -2.17. The first-order chi connectivity index (χ1) is 6.61. The van der Waals surface area contributed by atoms with Crippen molar-refractivity contribution in [3.05, 3.63) is 22.8 Å². The second-order valence-electron chi connectivity index (χ2n) is 3.63. The van der Waals surface area contributed by atoms with Crippen LogP contribution >= 0.6 is 0 Å². The van der Waals surface area contributed by atoms with Gasteiger partial charge in [-0.3, -0.25) is 4.79 Å². The van der Waals surface area contributed by atoms with Crippen molar-refractivity contribution >= 4 is 11.5 Å². The van der Waals surface area contributed by atoms with Crippen LogP contribution in [0.25, 0.3) is 0 Å². The number of benzene rings is 1. The van der Waals surface area contributed by atoms with Crippen LogP contribution in [0.1, 0.15) is 27.9 Å². The minimum atomic E-state index is 0.135. The number of ketones is 1. The zero-order valence-electron chi connectivity index (χ0n) is 8.39. The number of carbonyl (C=O) groups is 1. The van der Waals surface area contributed by atoms with Crippen molar-refractivity contribution in [2.24, 2.45) is 0 Å². The van der Waals surface area contributed by atoms with Crippen molar-refractivity contribution in [2.45, 2.75) is 20.3 Å². The van der Waals surface area contributed by atoms with Gasteiger partial charge in [0.05, 0.1) is 12.2 Å². The third-order valence-electron chi connectivity index (χ3n) is 2.66. The summed E-state index contributed by atoms with van der Waals surface area (Å²) in [4.78, 5) is 11.6. The number of hydrogen-bond acceptors (Lipinski definition) is 3. The van der Waals surface area contributed by atoms with E-state index in [1.54, 1.807) is 0 Å². The molecule has 3 heteroatoms. The number of anilines is 1. The SMILES string of the molecule is Cc1cc2c(c(C)c1N)C(=O)CCO2. The second kappa shape index (κ2) is 3.01. The van der Waals surface area contributed by atoms with Crippen LogP contribution in [0.5, 0.6) is 5.75 Å². The lowest BCUT2D eigenvalue weighted by molar-refractivity contribution is 0.0933. The number of nitrogen functional groups attached to an aromatic ring is 1. The fourth-order valence-electron chi connectivity index (χ4n) is 1.80. The summed E-state index contributed by atoms with van der Waals surface area (Å²) in [7, 11) is 0. The van der Waals surface area contributed by atoms with Crippen LogP contribution in [-0.2, 0) is 0 Å². The molecule has 0 bridgehead atoms. The van der Waals surface area contributed by atoms with E-state index in [1.165, 1.54) is 0 Å². The summed E-state index contributed by atoms with van der Waals surface area (Å²) in [5, 5.41) is 0. The van der Waals surface area contributed by atoms with E-state index in [-0.39, 0.29) is 5.78 Å². The van der Waals surface area contributed by atoms with Gasteiger partial charge in [0, 0.05) is 12.1 Å². The number of rotatable bonds is 0. The predicted octanol–water partition coefficient (Wildman–Crippen LogP) is 1.85. The van der Waals surface area contributed by atoms with Gasteiger partial charge in [-0.15, -0.1) is 0 Å². The smallest absolute Gasteiger partial charge is 0.170 e. The minimum Gasteiger partial charge on any atom is -0.492 e. The fourth-order valence-corrected chi connectivity index (χ4v) is 1.80. The number of nitrogens with two attached hydrogens (primary N) is 1. The molecule has 0 radical (unpaired) electrons. The Hall–Kier alpha value is -1.51. The van der Waals surface area contributed by atoms with E-state index in [1.807, 2.05) is 19.9 Å². The van der Waals surface area contributed by atoms with Crippen molar-refractivity contribution in [3.63, 3.8) is 0 Å². The zero-order valence-corrected chi connectivity index (χ0v) is 8.39. The molecule has 14 heavy (non-hydrogen) atoms. The van der Waals surface area contributed by atoms with Gasteiger partial charge in [-0.1, -0.05) is 0 Å². The van der Waals surface area contributed by atoms with Crippen LogP contribution in [0.2, 0.25) is 0 Å². The molecule has 0 saturated heterocycles. The van der Waals surface area contributed by atoms with Gasteiger partial charge in [0.25, 0.3) is 0 Å². The Morgan fingerprint density at radius 1 is 1.43 bits per heavy atom. The molecule has 2 rings (SSSR count). The van der Waals surface area contributed by atoms with Crippen molar-refractivity contribution in [1.29, 1.82) is 0 Å². The van der Waals surface area contributed by atoms with Gasteiger partial charge in [-0.25, -0.2) is 0 Å². The highest BCUT2D eigenvalue weighted by molar-refractivity contribution is 6.02. The monoisotopic (exact) mass is 191 g/mol. The Bertz CT molecular complexity index is 410. The molecule has 1 aliphatic heterocycles. The Morgan fingerprint density at radius 2 is 2.14 bits per heavy atom. The minimum absolute atomic E-state index is 0.135. The highest BCUT2D eigenvalue weighted by Crippen LogP contribution is 2.33. The van der Waals surface area contributed by atoms with Crippen LogP contribution in [0.15, 0.2) is 6.07 Å². The number of fused-ring (bicyclic) bond motifs is 1. The lowest BCUT2D eigenvalue weighted by atomic mass is 9.96. The molecule has 0 amide bonds. The first kappa shape index (κ1) is 9.06. The van der Waals surface area contributed by atoms with Crippen molar-refractivity contribution in [1.82, 2.24) is 0 Å². The standard InChI is InChI=1S/C11H13NO2/c1-6-5-9-10(7(2)11(6)12)8(13)3-4-14-9/h5H,3-4,12H2,1-2H3. The summed E-state index contributed by atoms with van der Waals surface area (Å²) in [5.41, 5.74) is 9.04. The second-order valence-corrected chi connectivity index (χ2v) is 3.63. The molecule has 0 aliphatic carbocycles. The van der Waals surface area contributed by atoms with E-state index < -0.39 is 0 Å². The van der Waals surface area contributed by atoms with Gasteiger partial charge in [0.2, 0.25) is 0 Å². The third kappa shape index (κ3) is 1.16. The van der Waals surface area contributed by atoms with Gasteiger partial charge < -0.3 is 10.5 Å². The molecule has 0 fully saturated rings. The number of ether oxygens (including phenoxy) is 1. The molecule has 74 valence electrons. The summed E-state index contributed by atoms with van der Waals surface area (Å²) in [6.07, 6.45) is 0.455. The van der Waals surface area contributed by atoms with Crippen LogP contribution in [0.3, 0.4) is 0 Å². The molecular weight excluding hydrogens is 178 g/mol. The topological polar surface area (TPSA) is 52.3 Å². The molecule has 0 aromatic heterocycles. The molecule has 1 aromatic rings. The summed E-state index contributed by atoms with van der Waals surface area (Å²) in [6.45, 7) is 4.27. The van der Waals surface area contributed by atoms with Crippen LogP contribution in [-0.4, -0.2) is 12.4 Å². The summed E-state index contributed by atoms with van der Waals surface area (Å²) in [6, 6.07) is 1.84. The van der Waals surface area contributed by atoms with E-state index >= 15 is 0 Å². The maximum atomic E-state index is 11.6. The van der Waals surface area contributed by atoms with E-state index in [2.05, 4.69) is 0 Å². The molecule has 0 saturated carbocycles. The molecule has 1 aromatic carbocycles. The van der Waals surface area contributed by atoms with E-state index in [0.29, 0.717) is 30.0 Å². The number of hydrogen-bond donors (Lipinski definition) is 1. The largest absolute Gasteiger partial charge is 0.492 e. The first-order valence-electron chi connectivity index (χ1n) is 4.67. The average Bonchev–Trinajstić information content (AvgIpc) is 2.14. The van der Waals surface area contributed by atoms with Gasteiger partial charge >= 0.3 is 0 Å². The molecule has 0 atom stereocenters. The van der Waals surface area contributed by atoms with E-state index in [4.69, 9.17) is 10.5 Å². The van der Waals surface area contributed by atoms with Gasteiger partial charge in [-0.05, 0) is 31.0 Å². The van der Waals surface area contributed by atoms with Crippen LogP contribution < -0.4 is 10.5 Å². The number of aryl methyl sites for hydroxylation is 1. The predicted molar refractivity (Wildman–Crippen MR) is 54.8 cm³/mol. The number of carbonyl (C=O) groups excluding carboxylic acids is 1. The van der Waals surface area contributed by atoms with Crippen molar-refractivity contribution in [2.75, 3.05) is 12.3 Å². The molecule has 2 N–H and O–H groups in total. The maximum absolute atomic E-state index is 11.6. The average molecular weight is 191 g/mol. The van der Waals surface area contributed by atoms with Crippen molar-refractivity contribution < 1.29 is 9.53 Å². The fraction of sp³-hybridized carbons (Fsp3) is 0.364. The summed E-state index contributed by atoms with van der Waals surface area (Å²) in [5.74, 6) is 0.820. The molecule has 0 unspecified atom stereocenters. The highest BCUT2D eigenvalue weighted by Gasteiger charge is 2.22. The van der Waals surface area contributed by atoms with Crippen LogP contribution in [0, 0.1) is 13.8 Å². The molecular formula is C11H13NO2. The van der Waals surface area contributed by atoms with Gasteiger partial charge in [-0.2, -0.15) is 0 Å².